The summed E-state index contributed by atoms with van der Waals surface area (Å²) in [7, 11) is 2.00. The maximum Gasteiger partial charge on any atom is 0.140 e. The highest BCUT2D eigenvalue weighted by molar-refractivity contribution is 5.79. The van der Waals surface area contributed by atoms with Crippen LogP contribution in [0.5, 0.6) is 0 Å². The Balaban J connectivity index is 2.49. The normalized spacial score (nSPS) is 12.6. The number of hydrogen-bond acceptors (Lipinski definition) is 4. The van der Waals surface area contributed by atoms with E-state index in [9.17, 15) is 0 Å². The summed E-state index contributed by atoms with van der Waals surface area (Å²) in [6.45, 7) is 5.87. The van der Waals surface area contributed by atoms with Crippen LogP contribution in [0.15, 0.2) is 17.4 Å². The monoisotopic (exact) mass is 267 g/mol. The summed E-state index contributed by atoms with van der Waals surface area (Å²) in [6, 6.07) is 2.54. The minimum absolute atomic E-state index is 0.259. The Labute approximate surface area is 114 Å². The number of amidine groups is 1. The van der Waals surface area contributed by atoms with Crippen molar-refractivity contribution in [1.29, 1.82) is 0 Å². The van der Waals surface area contributed by atoms with E-state index in [1.807, 2.05) is 17.9 Å². The number of nitrogens with zero attached hydrogens (tertiary/aromatic N) is 4. The lowest BCUT2D eigenvalue weighted by molar-refractivity contribution is 0.307. The molecule has 0 spiro atoms. The minimum Gasteiger partial charge on any atom is -0.409 e. The number of nitrogens with two attached hydrogens (primary N) is 1. The van der Waals surface area contributed by atoms with Gasteiger partial charge in [0.05, 0.1) is 11.7 Å². The molecule has 1 rings (SSSR count). The van der Waals surface area contributed by atoms with E-state index in [2.05, 4.69) is 35.1 Å². The van der Waals surface area contributed by atoms with Crippen molar-refractivity contribution in [2.75, 3.05) is 13.6 Å². The Morgan fingerprint density at radius 2 is 2.21 bits per heavy atom. The number of rotatable bonds is 8. The molecule has 1 aromatic heterocycles. The second kappa shape index (κ2) is 7.78. The van der Waals surface area contributed by atoms with Crippen molar-refractivity contribution in [3.63, 3.8) is 0 Å². The van der Waals surface area contributed by atoms with Crippen molar-refractivity contribution >= 4 is 5.84 Å². The third-order valence-electron chi connectivity index (χ3n) is 3.29. The van der Waals surface area contributed by atoms with Gasteiger partial charge in [0.15, 0.2) is 0 Å². The highest BCUT2D eigenvalue weighted by Gasteiger charge is 2.09. The van der Waals surface area contributed by atoms with Gasteiger partial charge in [0, 0.05) is 25.7 Å². The van der Waals surface area contributed by atoms with Crippen molar-refractivity contribution in [1.82, 2.24) is 14.7 Å². The van der Waals surface area contributed by atoms with E-state index in [0.717, 1.165) is 31.6 Å². The Bertz CT molecular complexity index is 397. The molecular formula is C13H25N5O. The molecule has 0 radical (unpaired) electrons. The van der Waals surface area contributed by atoms with Gasteiger partial charge in [-0.25, -0.2) is 0 Å². The zero-order chi connectivity index (χ0) is 14.3. The molecule has 1 heterocycles. The summed E-state index contributed by atoms with van der Waals surface area (Å²) in [5.41, 5.74) is 6.50. The standard InChI is InChI=1S/C13H25N5O/c1-4-12(5-2)18-9-6-11(15-18)10-17(3)8-7-13(14)16-19/h6,9,12,19H,4-5,7-8,10H2,1-3H3,(H2,14,16). The zero-order valence-electron chi connectivity index (χ0n) is 12.1. The summed E-state index contributed by atoms with van der Waals surface area (Å²) in [6.07, 6.45) is 4.79. The van der Waals surface area contributed by atoms with Gasteiger partial charge in [-0.3, -0.25) is 4.68 Å². The molecule has 0 saturated heterocycles. The second-order valence-electron chi connectivity index (χ2n) is 4.84. The smallest absolute Gasteiger partial charge is 0.140 e. The van der Waals surface area contributed by atoms with Gasteiger partial charge in [-0.2, -0.15) is 5.10 Å². The predicted octanol–water partition coefficient (Wildman–Crippen LogP) is 1.81. The first-order chi connectivity index (χ1) is 9.10. The first kappa shape index (κ1) is 15.5. The topological polar surface area (TPSA) is 79.7 Å². The average molecular weight is 267 g/mol. The van der Waals surface area contributed by atoms with Crippen LogP contribution in [-0.2, 0) is 6.54 Å². The molecule has 108 valence electrons. The number of hydrogen-bond donors (Lipinski definition) is 2. The maximum atomic E-state index is 8.48. The lowest BCUT2D eigenvalue weighted by atomic mass is 10.2. The van der Waals surface area contributed by atoms with E-state index in [-0.39, 0.29) is 5.84 Å². The van der Waals surface area contributed by atoms with Crippen molar-refractivity contribution in [3.05, 3.63) is 18.0 Å². The first-order valence-electron chi connectivity index (χ1n) is 6.79. The molecule has 0 fully saturated rings. The molecule has 0 saturated carbocycles. The van der Waals surface area contributed by atoms with Gasteiger partial charge in [0.25, 0.3) is 0 Å². The van der Waals surface area contributed by atoms with E-state index >= 15 is 0 Å². The molecule has 0 unspecified atom stereocenters. The SMILES string of the molecule is CCC(CC)n1ccc(CN(C)CCC(N)=NO)n1. The van der Waals surface area contributed by atoms with Crippen LogP contribution < -0.4 is 5.73 Å². The van der Waals surface area contributed by atoms with Crippen molar-refractivity contribution < 1.29 is 5.21 Å². The molecule has 0 amide bonds. The van der Waals surface area contributed by atoms with E-state index in [4.69, 9.17) is 10.9 Å². The van der Waals surface area contributed by atoms with E-state index < -0.39 is 0 Å². The summed E-state index contributed by atoms with van der Waals surface area (Å²) >= 11 is 0. The first-order valence-corrected chi connectivity index (χ1v) is 6.79. The molecule has 19 heavy (non-hydrogen) atoms. The van der Waals surface area contributed by atoms with Gasteiger partial charge in [-0.15, -0.1) is 0 Å². The van der Waals surface area contributed by atoms with Crippen molar-refractivity contribution in [2.24, 2.45) is 10.9 Å². The van der Waals surface area contributed by atoms with Crippen LogP contribution in [0, 0.1) is 0 Å². The van der Waals surface area contributed by atoms with E-state index in [1.54, 1.807) is 0 Å². The molecule has 0 aliphatic heterocycles. The van der Waals surface area contributed by atoms with E-state index in [0.29, 0.717) is 12.5 Å². The molecule has 0 bridgehead atoms. The highest BCUT2D eigenvalue weighted by atomic mass is 16.4. The van der Waals surface area contributed by atoms with Gasteiger partial charge >= 0.3 is 0 Å². The fourth-order valence-electron chi connectivity index (χ4n) is 2.04. The van der Waals surface area contributed by atoms with Gasteiger partial charge in [0.2, 0.25) is 0 Å². The largest absolute Gasteiger partial charge is 0.409 e. The predicted molar refractivity (Wildman–Crippen MR) is 76.2 cm³/mol. The fraction of sp³-hybridized carbons (Fsp3) is 0.692. The average Bonchev–Trinajstić information content (AvgIpc) is 2.85. The molecule has 3 N–H and O–H groups in total. The highest BCUT2D eigenvalue weighted by Crippen LogP contribution is 2.14. The summed E-state index contributed by atoms with van der Waals surface area (Å²) in [4.78, 5) is 2.11. The lowest BCUT2D eigenvalue weighted by Crippen LogP contribution is -2.24. The molecule has 6 heteroatoms. The number of aromatic nitrogens is 2. The van der Waals surface area contributed by atoms with Crippen LogP contribution >= 0.6 is 0 Å². The summed E-state index contributed by atoms with van der Waals surface area (Å²) < 4.78 is 2.05. The van der Waals surface area contributed by atoms with Crippen molar-refractivity contribution in [2.45, 2.75) is 45.7 Å². The van der Waals surface area contributed by atoms with Crippen LogP contribution in [0.1, 0.15) is 44.8 Å². The van der Waals surface area contributed by atoms with Gasteiger partial charge < -0.3 is 15.8 Å². The molecule has 0 atom stereocenters. The molecule has 6 nitrogen and oxygen atoms in total. The third kappa shape index (κ3) is 4.90. The minimum atomic E-state index is 0.259. The fourth-order valence-corrected chi connectivity index (χ4v) is 2.04. The van der Waals surface area contributed by atoms with Crippen LogP contribution in [0.25, 0.3) is 0 Å². The second-order valence-corrected chi connectivity index (χ2v) is 4.84. The lowest BCUT2D eigenvalue weighted by Gasteiger charge is -2.15. The van der Waals surface area contributed by atoms with Gasteiger partial charge in [-0.1, -0.05) is 19.0 Å². The Hall–Kier alpha value is -1.56. The van der Waals surface area contributed by atoms with Crippen LogP contribution in [0.3, 0.4) is 0 Å². The van der Waals surface area contributed by atoms with Crippen LogP contribution in [0.2, 0.25) is 0 Å². The Kier molecular flexibility index (Phi) is 6.35. The Morgan fingerprint density at radius 1 is 1.53 bits per heavy atom. The molecule has 1 aromatic rings. The zero-order valence-corrected chi connectivity index (χ0v) is 12.1. The molecule has 0 aliphatic carbocycles. The summed E-state index contributed by atoms with van der Waals surface area (Å²) in [5, 5.41) is 16.1. The molecular weight excluding hydrogens is 242 g/mol. The Morgan fingerprint density at radius 3 is 2.79 bits per heavy atom. The maximum absolute atomic E-state index is 8.48. The molecule has 0 aromatic carbocycles. The van der Waals surface area contributed by atoms with Gasteiger partial charge in [0.1, 0.15) is 5.84 Å². The molecule has 0 aliphatic rings. The van der Waals surface area contributed by atoms with Gasteiger partial charge in [-0.05, 0) is 26.0 Å². The summed E-state index contributed by atoms with van der Waals surface area (Å²) in [5.74, 6) is 0.259. The van der Waals surface area contributed by atoms with E-state index in [1.165, 1.54) is 0 Å². The quantitative estimate of drug-likeness (QED) is 0.326. The van der Waals surface area contributed by atoms with Crippen LogP contribution in [-0.4, -0.2) is 39.3 Å². The van der Waals surface area contributed by atoms with Crippen LogP contribution in [0.4, 0.5) is 0 Å². The number of oxime groups is 1. The third-order valence-corrected chi connectivity index (χ3v) is 3.29. The van der Waals surface area contributed by atoms with Crippen molar-refractivity contribution in [3.8, 4) is 0 Å².